The largest absolute Gasteiger partial charge is 0.396 e. The average Bonchev–Trinajstić information content (AvgIpc) is 2.47. The van der Waals surface area contributed by atoms with E-state index in [9.17, 15) is 0 Å². The van der Waals surface area contributed by atoms with Crippen LogP contribution in [-0.2, 0) is 0 Å². The summed E-state index contributed by atoms with van der Waals surface area (Å²) in [6.45, 7) is 6.38. The number of nitrogens with zero attached hydrogens (tertiary/aromatic N) is 1. The van der Waals surface area contributed by atoms with Gasteiger partial charge in [0, 0.05) is 31.1 Å². The Morgan fingerprint density at radius 1 is 1.46 bits per heavy atom. The molecule has 1 saturated heterocycles. The molecule has 2 rings (SSSR count). The van der Waals surface area contributed by atoms with Crippen molar-refractivity contribution in [2.75, 3.05) is 36.8 Å². The molecule has 4 heteroatoms. The lowest BCUT2D eigenvalue weighted by atomic mass is 10.3. The summed E-state index contributed by atoms with van der Waals surface area (Å²) in [6, 6.07) is 2.06. The van der Waals surface area contributed by atoms with Crippen molar-refractivity contribution < 1.29 is 0 Å². The Morgan fingerprint density at radius 2 is 2.15 bits per heavy atom. The van der Waals surface area contributed by atoms with Gasteiger partial charge in [-0.05, 0) is 13.0 Å². The van der Waals surface area contributed by atoms with Crippen molar-refractivity contribution in [3.05, 3.63) is 10.9 Å². The molecule has 0 aliphatic carbocycles. The van der Waals surface area contributed by atoms with Crippen LogP contribution in [-0.4, -0.2) is 26.2 Å². The van der Waals surface area contributed by atoms with E-state index >= 15 is 0 Å². The van der Waals surface area contributed by atoms with Gasteiger partial charge in [-0.3, -0.25) is 0 Å². The topological polar surface area (TPSA) is 41.3 Å². The van der Waals surface area contributed by atoms with Crippen molar-refractivity contribution in [1.82, 2.24) is 5.32 Å². The highest BCUT2D eigenvalue weighted by Gasteiger charge is 2.14. The molecular weight excluding hydrogens is 182 g/mol. The Morgan fingerprint density at radius 3 is 2.69 bits per heavy atom. The third kappa shape index (κ3) is 1.78. The molecule has 0 unspecified atom stereocenters. The fourth-order valence-corrected chi connectivity index (χ4v) is 2.62. The van der Waals surface area contributed by atoms with E-state index in [0.29, 0.717) is 0 Å². The van der Waals surface area contributed by atoms with E-state index in [1.54, 1.807) is 11.3 Å². The van der Waals surface area contributed by atoms with Crippen molar-refractivity contribution in [2.45, 2.75) is 6.92 Å². The van der Waals surface area contributed by atoms with E-state index in [4.69, 9.17) is 5.73 Å². The molecule has 0 bridgehead atoms. The van der Waals surface area contributed by atoms with Crippen LogP contribution in [0.15, 0.2) is 6.07 Å². The molecule has 72 valence electrons. The third-order valence-corrected chi connectivity index (χ3v) is 3.39. The summed E-state index contributed by atoms with van der Waals surface area (Å²) in [7, 11) is 0. The van der Waals surface area contributed by atoms with Crippen molar-refractivity contribution in [3.8, 4) is 0 Å². The molecule has 0 amide bonds. The molecular formula is C9H15N3S. The zero-order chi connectivity index (χ0) is 9.26. The lowest BCUT2D eigenvalue weighted by Gasteiger charge is -2.28. The lowest BCUT2D eigenvalue weighted by molar-refractivity contribution is 0.592. The minimum atomic E-state index is 0.935. The van der Waals surface area contributed by atoms with E-state index in [1.165, 1.54) is 9.88 Å². The number of aryl methyl sites for hydroxylation is 1. The number of hydrogen-bond donors (Lipinski definition) is 2. The predicted octanol–water partition coefficient (Wildman–Crippen LogP) is 1.05. The SMILES string of the molecule is Cc1cc(N)c(N2CCNCC2)s1. The fourth-order valence-electron chi connectivity index (χ4n) is 1.64. The van der Waals surface area contributed by atoms with Gasteiger partial charge in [0.25, 0.3) is 0 Å². The predicted molar refractivity (Wildman–Crippen MR) is 58.6 cm³/mol. The van der Waals surface area contributed by atoms with Crippen molar-refractivity contribution in [2.24, 2.45) is 0 Å². The molecule has 1 aromatic heterocycles. The maximum atomic E-state index is 5.92. The number of rotatable bonds is 1. The van der Waals surface area contributed by atoms with Crippen molar-refractivity contribution in [1.29, 1.82) is 0 Å². The van der Waals surface area contributed by atoms with Gasteiger partial charge in [-0.15, -0.1) is 11.3 Å². The van der Waals surface area contributed by atoms with E-state index in [2.05, 4.69) is 23.2 Å². The maximum absolute atomic E-state index is 5.92. The third-order valence-electron chi connectivity index (χ3n) is 2.27. The van der Waals surface area contributed by atoms with Gasteiger partial charge in [-0.1, -0.05) is 0 Å². The zero-order valence-electron chi connectivity index (χ0n) is 7.84. The molecule has 0 saturated carbocycles. The average molecular weight is 197 g/mol. The number of anilines is 2. The lowest BCUT2D eigenvalue weighted by Crippen LogP contribution is -2.43. The smallest absolute Gasteiger partial charge is 0.115 e. The van der Waals surface area contributed by atoms with E-state index < -0.39 is 0 Å². The van der Waals surface area contributed by atoms with Gasteiger partial charge in [0.15, 0.2) is 0 Å². The summed E-state index contributed by atoms with van der Waals surface area (Å²) in [5.74, 6) is 0. The Labute approximate surface area is 82.5 Å². The van der Waals surface area contributed by atoms with Gasteiger partial charge in [0.05, 0.1) is 5.69 Å². The highest BCUT2D eigenvalue weighted by atomic mass is 32.1. The molecule has 13 heavy (non-hydrogen) atoms. The van der Waals surface area contributed by atoms with Crippen molar-refractivity contribution >= 4 is 22.0 Å². The Hall–Kier alpha value is -0.740. The van der Waals surface area contributed by atoms with Crippen LogP contribution >= 0.6 is 11.3 Å². The number of nitrogens with one attached hydrogen (secondary N) is 1. The first kappa shape index (κ1) is 8.84. The van der Waals surface area contributed by atoms with Crippen LogP contribution < -0.4 is 16.0 Å². The summed E-state index contributed by atoms with van der Waals surface area (Å²) in [6.07, 6.45) is 0. The minimum Gasteiger partial charge on any atom is -0.396 e. The van der Waals surface area contributed by atoms with Crippen LogP contribution in [0.1, 0.15) is 4.88 Å². The Balaban J connectivity index is 2.18. The monoisotopic (exact) mass is 197 g/mol. The summed E-state index contributed by atoms with van der Waals surface area (Å²) in [5.41, 5.74) is 6.86. The van der Waals surface area contributed by atoms with E-state index in [-0.39, 0.29) is 0 Å². The number of nitrogen functional groups attached to an aromatic ring is 1. The highest BCUT2D eigenvalue weighted by molar-refractivity contribution is 7.16. The first-order valence-electron chi connectivity index (χ1n) is 4.59. The van der Waals surface area contributed by atoms with Crippen LogP contribution in [0, 0.1) is 6.92 Å². The number of nitrogens with two attached hydrogens (primary N) is 1. The van der Waals surface area contributed by atoms with Gasteiger partial charge >= 0.3 is 0 Å². The van der Waals surface area contributed by atoms with Crippen LogP contribution in [0.4, 0.5) is 10.7 Å². The van der Waals surface area contributed by atoms with Crippen LogP contribution in [0.3, 0.4) is 0 Å². The van der Waals surface area contributed by atoms with Gasteiger partial charge < -0.3 is 16.0 Å². The summed E-state index contributed by atoms with van der Waals surface area (Å²) < 4.78 is 0. The molecule has 0 aromatic carbocycles. The van der Waals surface area contributed by atoms with Gasteiger partial charge in [-0.25, -0.2) is 0 Å². The standard InChI is InChI=1S/C9H15N3S/c1-7-6-8(10)9(13-7)12-4-2-11-3-5-12/h6,11H,2-5,10H2,1H3. The number of hydrogen-bond acceptors (Lipinski definition) is 4. The van der Waals surface area contributed by atoms with E-state index in [1.807, 2.05) is 0 Å². The molecule has 3 nitrogen and oxygen atoms in total. The highest BCUT2D eigenvalue weighted by Crippen LogP contribution is 2.33. The maximum Gasteiger partial charge on any atom is 0.115 e. The van der Waals surface area contributed by atoms with Gasteiger partial charge in [-0.2, -0.15) is 0 Å². The second-order valence-corrected chi connectivity index (χ2v) is 4.59. The van der Waals surface area contributed by atoms with Crippen LogP contribution in [0.2, 0.25) is 0 Å². The molecule has 1 aliphatic heterocycles. The van der Waals surface area contributed by atoms with Gasteiger partial charge in [0.2, 0.25) is 0 Å². The Kier molecular flexibility index (Phi) is 2.42. The molecule has 2 heterocycles. The van der Waals surface area contributed by atoms with Crippen LogP contribution in [0.25, 0.3) is 0 Å². The number of thiophene rings is 1. The second-order valence-electron chi connectivity index (χ2n) is 3.35. The summed E-state index contributed by atoms with van der Waals surface area (Å²) >= 11 is 1.79. The fraction of sp³-hybridized carbons (Fsp3) is 0.556. The summed E-state index contributed by atoms with van der Waals surface area (Å²) in [4.78, 5) is 3.66. The molecule has 1 aromatic rings. The molecule has 1 aliphatic rings. The normalized spacial score (nSPS) is 17.8. The Bertz CT molecular complexity index is 289. The minimum absolute atomic E-state index is 0.935. The molecule has 0 atom stereocenters. The van der Waals surface area contributed by atoms with Crippen molar-refractivity contribution in [3.63, 3.8) is 0 Å². The van der Waals surface area contributed by atoms with Crippen LogP contribution in [0.5, 0.6) is 0 Å². The second kappa shape index (κ2) is 3.55. The molecule has 3 N–H and O–H groups in total. The summed E-state index contributed by atoms with van der Waals surface area (Å²) in [5, 5.41) is 4.58. The first-order chi connectivity index (χ1) is 6.27. The van der Waals surface area contributed by atoms with Gasteiger partial charge in [0.1, 0.15) is 5.00 Å². The zero-order valence-corrected chi connectivity index (χ0v) is 8.66. The quantitative estimate of drug-likeness (QED) is 0.707. The molecule has 0 radical (unpaired) electrons. The molecule has 0 spiro atoms. The number of piperazine rings is 1. The molecule has 1 fully saturated rings. The first-order valence-corrected chi connectivity index (χ1v) is 5.40. The van der Waals surface area contributed by atoms with E-state index in [0.717, 1.165) is 31.9 Å².